The molecule has 0 saturated carbocycles. The van der Waals surface area contributed by atoms with Crippen LogP contribution < -0.4 is 0 Å². The third-order valence-electron chi connectivity index (χ3n) is 1.74. The Hall–Kier alpha value is -0.285. The van der Waals surface area contributed by atoms with Gasteiger partial charge in [-0.25, -0.2) is 0 Å². The highest BCUT2D eigenvalue weighted by Crippen LogP contribution is 2.28. The smallest absolute Gasteiger partial charge is 0.212 e. The lowest BCUT2D eigenvalue weighted by Crippen LogP contribution is -2.29. The molecule has 5 nitrogen and oxygen atoms in total. The Morgan fingerprint density at radius 3 is 2.62 bits per heavy atom. The lowest BCUT2D eigenvalue weighted by atomic mass is 9.93. The Bertz CT molecular complexity index is 221. The van der Waals surface area contributed by atoms with Gasteiger partial charge in [0.25, 0.3) is 0 Å². The van der Waals surface area contributed by atoms with Crippen LogP contribution in [0.2, 0.25) is 0 Å². The maximum atomic E-state index is 9.35. The van der Waals surface area contributed by atoms with Crippen LogP contribution in [0, 0.1) is 0 Å². The molecule has 0 spiro atoms. The Balaban J connectivity index is 2.77. The van der Waals surface area contributed by atoms with E-state index in [0.29, 0.717) is 0 Å². The quantitative estimate of drug-likeness (QED) is 0.305. The molecular formula is C6H10BO5P. The topological polar surface area (TPSA) is 79.2 Å². The van der Waals surface area contributed by atoms with Gasteiger partial charge < -0.3 is 24.4 Å². The lowest BCUT2D eigenvalue weighted by molar-refractivity contribution is 0.0525. The van der Waals surface area contributed by atoms with Crippen LogP contribution in [-0.2, 0) is 9.26 Å². The first-order chi connectivity index (χ1) is 6.07. The van der Waals surface area contributed by atoms with Crippen LogP contribution in [0.4, 0.5) is 0 Å². The fraction of sp³-hybridized carbons (Fsp3) is 0.667. The summed E-state index contributed by atoms with van der Waals surface area (Å²) < 4.78 is 9.63. The van der Waals surface area contributed by atoms with Crippen molar-refractivity contribution in [1.82, 2.24) is 0 Å². The van der Waals surface area contributed by atoms with Crippen molar-refractivity contribution in [1.29, 1.82) is 0 Å². The van der Waals surface area contributed by atoms with Crippen LogP contribution in [0.25, 0.3) is 0 Å². The summed E-state index contributed by atoms with van der Waals surface area (Å²) in [5.74, 6) is 0.293. The summed E-state index contributed by atoms with van der Waals surface area (Å²) in [5, 5.41) is 18.6. The third kappa shape index (κ3) is 2.14. The molecule has 0 amide bonds. The van der Waals surface area contributed by atoms with E-state index >= 15 is 0 Å². The molecule has 0 bridgehead atoms. The van der Waals surface area contributed by atoms with E-state index in [2.05, 4.69) is 0 Å². The molecule has 1 saturated heterocycles. The second-order valence-electron chi connectivity index (χ2n) is 2.63. The van der Waals surface area contributed by atoms with Crippen LogP contribution in [0.15, 0.2) is 11.5 Å². The van der Waals surface area contributed by atoms with E-state index in [1.807, 2.05) is 0 Å². The molecule has 4 atom stereocenters. The fourth-order valence-corrected chi connectivity index (χ4v) is 1.27. The molecule has 0 aromatic carbocycles. The maximum Gasteiger partial charge on any atom is 0.212 e. The van der Waals surface area contributed by atoms with E-state index in [-0.39, 0.29) is 11.5 Å². The molecule has 1 aliphatic rings. The summed E-state index contributed by atoms with van der Waals surface area (Å²) in [7, 11) is 4.58. The van der Waals surface area contributed by atoms with E-state index < -0.39 is 27.2 Å². The predicted molar refractivity (Wildman–Crippen MR) is 47.0 cm³/mol. The number of ether oxygens (including phenoxy) is 1. The van der Waals surface area contributed by atoms with Gasteiger partial charge in [-0.1, -0.05) is 0 Å². The van der Waals surface area contributed by atoms with Gasteiger partial charge >= 0.3 is 0 Å². The molecule has 1 rings (SSSR count). The lowest BCUT2D eigenvalue weighted by Gasteiger charge is -2.08. The second kappa shape index (κ2) is 4.29. The van der Waals surface area contributed by atoms with Crippen molar-refractivity contribution in [3.05, 3.63) is 11.5 Å². The first kappa shape index (κ1) is 10.8. The zero-order valence-corrected chi connectivity index (χ0v) is 7.97. The molecule has 3 N–H and O–H groups in total. The van der Waals surface area contributed by atoms with Gasteiger partial charge in [0.1, 0.15) is 25.8 Å². The van der Waals surface area contributed by atoms with Crippen molar-refractivity contribution in [2.24, 2.45) is 0 Å². The van der Waals surface area contributed by atoms with Crippen molar-refractivity contribution in [3.63, 3.8) is 0 Å². The number of aliphatic hydroxyl groups is 2. The van der Waals surface area contributed by atoms with Gasteiger partial charge in [-0.15, -0.1) is 0 Å². The molecule has 1 fully saturated rings. The summed E-state index contributed by atoms with van der Waals surface area (Å²) in [6.07, 6.45) is -2.35. The minimum Gasteiger partial charge on any atom is -0.496 e. The Labute approximate surface area is 78.7 Å². The summed E-state index contributed by atoms with van der Waals surface area (Å²) in [5.41, 5.74) is 0. The first-order valence-electron chi connectivity index (χ1n) is 3.63. The second-order valence-corrected chi connectivity index (χ2v) is 3.02. The van der Waals surface area contributed by atoms with Crippen molar-refractivity contribution < 1.29 is 24.4 Å². The number of rotatable bonds is 2. The molecule has 72 valence electrons. The Morgan fingerprint density at radius 1 is 1.62 bits per heavy atom. The summed E-state index contributed by atoms with van der Waals surface area (Å²) in [6, 6.07) is -0.953. The molecule has 0 aliphatic carbocycles. The highest BCUT2D eigenvalue weighted by atomic mass is 31.1. The average Bonchev–Trinajstić information content (AvgIpc) is 2.33. The zero-order valence-electron chi connectivity index (χ0n) is 6.97. The minimum atomic E-state index is -1.19. The van der Waals surface area contributed by atoms with Crippen LogP contribution in [0.5, 0.6) is 0 Å². The zero-order chi connectivity index (χ0) is 10.0. The molecule has 0 aromatic rings. The monoisotopic (exact) mass is 204 g/mol. The van der Waals surface area contributed by atoms with Gasteiger partial charge in [-0.2, -0.15) is 0 Å². The van der Waals surface area contributed by atoms with Gasteiger partial charge in [0.2, 0.25) is 9.03 Å². The van der Waals surface area contributed by atoms with Gasteiger partial charge in [-0.3, -0.25) is 0 Å². The molecule has 13 heavy (non-hydrogen) atoms. The summed E-state index contributed by atoms with van der Waals surface area (Å²) >= 11 is 0. The number of aliphatic hydroxyl groups excluding tert-OH is 2. The summed E-state index contributed by atoms with van der Waals surface area (Å²) in [4.78, 5) is 8.46. The number of allylic oxidation sites excluding steroid dienone is 1. The highest BCUT2D eigenvalue weighted by Gasteiger charge is 2.37. The Morgan fingerprint density at radius 2 is 2.23 bits per heavy atom. The van der Waals surface area contributed by atoms with Crippen molar-refractivity contribution >= 4 is 16.9 Å². The molecule has 2 radical (unpaired) electrons. The standard InChI is InChI=1S/C6H10BO5P/c1-2(12-13-10)5-3(8)4(9)6(7)11-5/h3-4,6,8-10,13H,1H3/b5-2+. The largest absolute Gasteiger partial charge is 0.496 e. The number of hydrogen-bond donors (Lipinski definition) is 3. The molecule has 0 aromatic heterocycles. The maximum absolute atomic E-state index is 9.35. The van der Waals surface area contributed by atoms with Gasteiger partial charge in [0, 0.05) is 0 Å². The van der Waals surface area contributed by atoms with Crippen LogP contribution >= 0.6 is 9.03 Å². The molecule has 7 heteroatoms. The van der Waals surface area contributed by atoms with Crippen LogP contribution in [0.1, 0.15) is 6.92 Å². The van der Waals surface area contributed by atoms with Gasteiger partial charge in [0.15, 0.2) is 5.76 Å². The van der Waals surface area contributed by atoms with Crippen molar-refractivity contribution in [2.75, 3.05) is 0 Å². The van der Waals surface area contributed by atoms with E-state index in [1.165, 1.54) is 6.92 Å². The van der Waals surface area contributed by atoms with Gasteiger partial charge in [-0.05, 0) is 6.92 Å². The van der Waals surface area contributed by atoms with Crippen molar-refractivity contribution in [3.8, 4) is 0 Å². The molecule has 4 unspecified atom stereocenters. The predicted octanol–water partition coefficient (Wildman–Crippen LogP) is -1.02. The van der Waals surface area contributed by atoms with Gasteiger partial charge in [0.05, 0.1) is 6.00 Å². The van der Waals surface area contributed by atoms with E-state index in [4.69, 9.17) is 22.0 Å². The summed E-state index contributed by atoms with van der Waals surface area (Å²) in [6.45, 7) is 1.51. The average molecular weight is 204 g/mol. The highest BCUT2D eigenvalue weighted by molar-refractivity contribution is 7.25. The minimum absolute atomic E-state index is 0.0709. The van der Waals surface area contributed by atoms with Crippen molar-refractivity contribution in [2.45, 2.75) is 25.1 Å². The van der Waals surface area contributed by atoms with E-state index in [9.17, 15) is 10.2 Å². The first-order valence-corrected chi connectivity index (χ1v) is 4.48. The molecule has 1 heterocycles. The normalized spacial score (nSPS) is 38.0. The third-order valence-corrected chi connectivity index (χ3v) is 2.13. The van der Waals surface area contributed by atoms with Crippen LogP contribution in [0.3, 0.4) is 0 Å². The molecule has 1 aliphatic heterocycles. The number of hydrogen-bond acceptors (Lipinski definition) is 5. The SMILES string of the molecule is [B]C1O/C(=C(\C)OPO)C(O)C1O. The van der Waals surface area contributed by atoms with E-state index in [0.717, 1.165) is 0 Å². The van der Waals surface area contributed by atoms with E-state index in [1.54, 1.807) is 0 Å². The molecular weight excluding hydrogens is 194 g/mol. The fourth-order valence-electron chi connectivity index (χ4n) is 1.03. The Kier molecular flexibility index (Phi) is 3.56. The van der Waals surface area contributed by atoms with Crippen LogP contribution in [-0.4, -0.2) is 41.2 Å².